The van der Waals surface area contributed by atoms with Crippen LogP contribution in [-0.4, -0.2) is 51.1 Å². The number of hydrogen-bond acceptors (Lipinski definition) is 3. The average molecular weight is 197 g/mol. The van der Waals surface area contributed by atoms with Gasteiger partial charge in [-0.25, -0.2) is 0 Å². The van der Waals surface area contributed by atoms with Gasteiger partial charge >= 0.3 is 0 Å². The lowest BCUT2D eigenvalue weighted by molar-refractivity contribution is -0.117. The van der Waals surface area contributed by atoms with Gasteiger partial charge in [-0.3, -0.25) is 4.79 Å². The Bertz CT molecular complexity index is 240. The van der Waals surface area contributed by atoms with Crippen molar-refractivity contribution in [3.63, 3.8) is 0 Å². The van der Waals surface area contributed by atoms with Gasteiger partial charge in [-0.15, -0.1) is 0 Å². The summed E-state index contributed by atoms with van der Waals surface area (Å²) in [7, 11) is 3.99. The molecule has 0 aliphatic carbocycles. The Kier molecular flexibility index (Phi) is 4.10. The van der Waals surface area contributed by atoms with E-state index < -0.39 is 0 Å². The normalized spacial score (nSPS) is 15.3. The van der Waals surface area contributed by atoms with Crippen molar-refractivity contribution in [2.75, 3.05) is 40.3 Å². The molecule has 0 saturated carbocycles. The molecule has 0 atom stereocenters. The Hall–Kier alpha value is -0.870. The van der Waals surface area contributed by atoms with E-state index in [1.54, 1.807) is 0 Å². The predicted molar refractivity (Wildman–Crippen MR) is 57.1 cm³/mol. The molecule has 1 rings (SSSR count). The first-order valence-corrected chi connectivity index (χ1v) is 4.93. The van der Waals surface area contributed by atoms with Gasteiger partial charge in [-0.1, -0.05) is 0 Å². The third kappa shape index (κ3) is 3.12. The SMILES string of the molecule is CC(C(=O)NCCN(C)C)=C1CNC1. The topological polar surface area (TPSA) is 44.4 Å². The number of carbonyl (C=O) groups excluding carboxylic acids is 1. The van der Waals surface area contributed by atoms with Gasteiger partial charge in [0.05, 0.1) is 0 Å². The van der Waals surface area contributed by atoms with Crippen molar-refractivity contribution < 1.29 is 4.79 Å². The van der Waals surface area contributed by atoms with Crippen LogP contribution < -0.4 is 10.6 Å². The van der Waals surface area contributed by atoms with Crippen LogP contribution in [-0.2, 0) is 4.79 Å². The maximum atomic E-state index is 11.5. The minimum Gasteiger partial charge on any atom is -0.351 e. The lowest BCUT2D eigenvalue weighted by Crippen LogP contribution is -2.38. The molecular formula is C10H19N3O. The van der Waals surface area contributed by atoms with E-state index in [2.05, 4.69) is 10.6 Å². The van der Waals surface area contributed by atoms with Gasteiger partial charge in [0, 0.05) is 31.8 Å². The van der Waals surface area contributed by atoms with Crippen LogP contribution in [0.25, 0.3) is 0 Å². The van der Waals surface area contributed by atoms with Crippen molar-refractivity contribution in [3.8, 4) is 0 Å². The molecule has 14 heavy (non-hydrogen) atoms. The van der Waals surface area contributed by atoms with Crippen molar-refractivity contribution in [2.45, 2.75) is 6.92 Å². The molecule has 0 aromatic heterocycles. The van der Waals surface area contributed by atoms with Gasteiger partial charge in [0.1, 0.15) is 0 Å². The first kappa shape index (κ1) is 11.2. The molecule has 80 valence electrons. The van der Waals surface area contributed by atoms with Crippen LogP contribution in [0.1, 0.15) is 6.92 Å². The van der Waals surface area contributed by atoms with Crippen LogP contribution in [0, 0.1) is 0 Å². The zero-order chi connectivity index (χ0) is 10.6. The lowest BCUT2D eigenvalue weighted by atomic mass is 10.0. The van der Waals surface area contributed by atoms with E-state index >= 15 is 0 Å². The molecule has 2 N–H and O–H groups in total. The highest BCUT2D eigenvalue weighted by Gasteiger charge is 2.15. The van der Waals surface area contributed by atoms with Crippen LogP contribution in [0.4, 0.5) is 0 Å². The summed E-state index contributed by atoms with van der Waals surface area (Å²) in [6.07, 6.45) is 0. The molecule has 0 aromatic carbocycles. The van der Waals surface area contributed by atoms with Gasteiger partial charge < -0.3 is 15.5 Å². The Balaban J connectivity index is 2.28. The van der Waals surface area contributed by atoms with Gasteiger partial charge in [0.2, 0.25) is 5.91 Å². The number of carbonyl (C=O) groups is 1. The number of likely N-dealkylation sites (N-methyl/N-ethyl adjacent to an activating group) is 1. The fourth-order valence-corrected chi connectivity index (χ4v) is 1.20. The molecule has 0 bridgehead atoms. The summed E-state index contributed by atoms with van der Waals surface area (Å²) in [6, 6.07) is 0. The zero-order valence-corrected chi connectivity index (χ0v) is 9.18. The summed E-state index contributed by atoms with van der Waals surface area (Å²) in [5, 5.41) is 6.02. The molecule has 0 unspecified atom stereocenters. The second-order valence-electron chi connectivity index (χ2n) is 3.89. The van der Waals surface area contributed by atoms with Crippen LogP contribution >= 0.6 is 0 Å². The van der Waals surface area contributed by atoms with E-state index in [1.165, 1.54) is 5.57 Å². The summed E-state index contributed by atoms with van der Waals surface area (Å²) in [4.78, 5) is 13.6. The van der Waals surface area contributed by atoms with E-state index in [4.69, 9.17) is 0 Å². The van der Waals surface area contributed by atoms with E-state index in [0.29, 0.717) is 6.54 Å². The van der Waals surface area contributed by atoms with Gasteiger partial charge in [0.15, 0.2) is 0 Å². The molecule has 1 aliphatic rings. The minimum atomic E-state index is 0.0725. The number of hydrogen-bond donors (Lipinski definition) is 2. The fraction of sp³-hybridized carbons (Fsp3) is 0.700. The van der Waals surface area contributed by atoms with Gasteiger partial charge in [-0.2, -0.15) is 0 Å². The van der Waals surface area contributed by atoms with Crippen molar-refractivity contribution in [1.29, 1.82) is 0 Å². The van der Waals surface area contributed by atoms with E-state index in [0.717, 1.165) is 25.2 Å². The number of nitrogens with one attached hydrogen (secondary N) is 2. The van der Waals surface area contributed by atoms with Gasteiger partial charge in [-0.05, 0) is 26.6 Å². The summed E-state index contributed by atoms with van der Waals surface area (Å²) in [6.45, 7) is 5.22. The molecule has 1 saturated heterocycles. The highest BCUT2D eigenvalue weighted by Crippen LogP contribution is 2.08. The molecule has 0 radical (unpaired) electrons. The van der Waals surface area contributed by atoms with Crippen LogP contribution in [0.3, 0.4) is 0 Å². The van der Waals surface area contributed by atoms with Crippen LogP contribution in [0.2, 0.25) is 0 Å². The molecule has 0 spiro atoms. The van der Waals surface area contributed by atoms with Gasteiger partial charge in [0.25, 0.3) is 0 Å². The lowest BCUT2D eigenvalue weighted by Gasteiger charge is -2.21. The Morgan fingerprint density at radius 3 is 2.57 bits per heavy atom. The Labute approximate surface area is 85.3 Å². The minimum absolute atomic E-state index is 0.0725. The molecule has 1 aliphatic heterocycles. The van der Waals surface area contributed by atoms with Crippen molar-refractivity contribution >= 4 is 5.91 Å². The monoisotopic (exact) mass is 197 g/mol. The Morgan fingerprint density at radius 1 is 1.50 bits per heavy atom. The molecular weight excluding hydrogens is 178 g/mol. The summed E-state index contributed by atoms with van der Waals surface area (Å²) >= 11 is 0. The van der Waals surface area contributed by atoms with Crippen molar-refractivity contribution in [1.82, 2.24) is 15.5 Å². The quantitative estimate of drug-likeness (QED) is 0.602. The molecule has 1 heterocycles. The average Bonchev–Trinajstić information content (AvgIpc) is 2.00. The number of nitrogens with zero attached hydrogens (tertiary/aromatic N) is 1. The van der Waals surface area contributed by atoms with Crippen LogP contribution in [0.5, 0.6) is 0 Å². The summed E-state index contributed by atoms with van der Waals surface area (Å²) in [5.41, 5.74) is 2.11. The standard InChI is InChI=1S/C10H19N3O/c1-8(9-6-11-7-9)10(14)12-4-5-13(2)3/h11H,4-7H2,1-3H3,(H,12,14). The highest BCUT2D eigenvalue weighted by atomic mass is 16.1. The maximum Gasteiger partial charge on any atom is 0.247 e. The second kappa shape index (κ2) is 5.12. The highest BCUT2D eigenvalue weighted by molar-refractivity contribution is 5.93. The summed E-state index contributed by atoms with van der Waals surface area (Å²) < 4.78 is 0. The first-order valence-electron chi connectivity index (χ1n) is 4.93. The van der Waals surface area contributed by atoms with Crippen molar-refractivity contribution in [3.05, 3.63) is 11.1 Å². The molecule has 0 aromatic rings. The first-order chi connectivity index (χ1) is 6.61. The van der Waals surface area contributed by atoms with Crippen molar-refractivity contribution in [2.24, 2.45) is 0 Å². The summed E-state index contributed by atoms with van der Waals surface area (Å²) in [5.74, 6) is 0.0725. The third-order valence-electron chi connectivity index (χ3n) is 2.39. The molecule has 4 heteroatoms. The second-order valence-corrected chi connectivity index (χ2v) is 3.89. The zero-order valence-electron chi connectivity index (χ0n) is 9.18. The molecule has 1 fully saturated rings. The predicted octanol–water partition coefficient (Wildman–Crippen LogP) is -0.416. The Morgan fingerprint density at radius 2 is 2.14 bits per heavy atom. The maximum absolute atomic E-state index is 11.5. The number of rotatable bonds is 4. The molecule has 4 nitrogen and oxygen atoms in total. The van der Waals surface area contributed by atoms with E-state index in [-0.39, 0.29) is 5.91 Å². The fourth-order valence-electron chi connectivity index (χ4n) is 1.20. The van der Waals surface area contributed by atoms with Crippen LogP contribution in [0.15, 0.2) is 11.1 Å². The number of amides is 1. The van der Waals surface area contributed by atoms with E-state index in [9.17, 15) is 4.79 Å². The third-order valence-corrected chi connectivity index (χ3v) is 2.39. The largest absolute Gasteiger partial charge is 0.351 e. The molecule has 1 amide bonds. The van der Waals surface area contributed by atoms with E-state index in [1.807, 2.05) is 25.9 Å². The smallest absolute Gasteiger partial charge is 0.247 e.